The summed E-state index contributed by atoms with van der Waals surface area (Å²) >= 11 is 3.75. The Bertz CT molecular complexity index is 675. The summed E-state index contributed by atoms with van der Waals surface area (Å²) in [6, 6.07) is 4.48. The predicted octanol–water partition coefficient (Wildman–Crippen LogP) is 5.68. The van der Waals surface area contributed by atoms with Crippen LogP contribution in [0.3, 0.4) is 0 Å². The molecule has 0 amide bonds. The number of carboxylic acid groups (broad SMARTS) is 1. The van der Waals surface area contributed by atoms with Gasteiger partial charge in [-0.15, -0.1) is 22.7 Å². The number of hydrogen-bond donors (Lipinski definition) is 1. The number of hydrogen-bond acceptors (Lipinski definition) is 4. The summed E-state index contributed by atoms with van der Waals surface area (Å²) in [5.41, 5.74) is 4.26. The summed E-state index contributed by atoms with van der Waals surface area (Å²) in [6.07, 6.45) is 6.40. The fourth-order valence-electron chi connectivity index (χ4n) is 3.47. The molecule has 142 valence electrons. The summed E-state index contributed by atoms with van der Waals surface area (Å²) in [5.74, 6) is 0.867. The third-order valence-corrected chi connectivity index (χ3v) is 6.85. The van der Waals surface area contributed by atoms with Crippen LogP contribution in [-0.2, 0) is 4.79 Å². The Labute approximate surface area is 165 Å². The van der Waals surface area contributed by atoms with E-state index in [0.717, 1.165) is 12.3 Å². The van der Waals surface area contributed by atoms with Crippen molar-refractivity contribution in [2.24, 2.45) is 5.92 Å². The van der Waals surface area contributed by atoms with Crippen molar-refractivity contribution in [3.8, 4) is 0 Å². The molecule has 3 rings (SSSR count). The van der Waals surface area contributed by atoms with Gasteiger partial charge in [-0.2, -0.15) is 0 Å². The number of thiophene rings is 2. The minimum absolute atomic E-state index is 0.250. The van der Waals surface area contributed by atoms with Crippen molar-refractivity contribution < 1.29 is 9.90 Å². The monoisotopic (exact) mass is 391 g/mol. The Balaban J connectivity index is 0.000000758. The second kappa shape index (κ2) is 10.7. The van der Waals surface area contributed by atoms with Crippen LogP contribution in [0.5, 0.6) is 0 Å². The van der Waals surface area contributed by atoms with Crippen LogP contribution in [0.15, 0.2) is 29.0 Å². The fourth-order valence-corrected chi connectivity index (χ4v) is 5.48. The van der Waals surface area contributed by atoms with Crippen LogP contribution in [0, 0.1) is 19.8 Å². The Kier molecular flexibility index (Phi) is 8.55. The molecule has 0 aliphatic carbocycles. The molecule has 0 spiro atoms. The van der Waals surface area contributed by atoms with Crippen molar-refractivity contribution >= 4 is 34.7 Å². The third kappa shape index (κ3) is 5.79. The number of piperidine rings is 1. The van der Waals surface area contributed by atoms with Crippen LogP contribution >= 0.6 is 22.7 Å². The second-order valence-electron chi connectivity index (χ2n) is 6.93. The second-order valence-corrected chi connectivity index (χ2v) is 8.76. The van der Waals surface area contributed by atoms with Gasteiger partial charge in [-0.25, -0.2) is 0 Å². The molecule has 26 heavy (non-hydrogen) atoms. The summed E-state index contributed by atoms with van der Waals surface area (Å²) in [4.78, 5) is 13.9. The lowest BCUT2D eigenvalue weighted by atomic mass is 10.00. The zero-order valence-corrected chi connectivity index (χ0v) is 17.5. The highest BCUT2D eigenvalue weighted by Crippen LogP contribution is 2.35. The topological polar surface area (TPSA) is 40.5 Å². The van der Waals surface area contributed by atoms with Gasteiger partial charge < -0.3 is 10.0 Å². The first-order chi connectivity index (χ1) is 12.6. The molecular weight excluding hydrogens is 362 g/mol. The lowest BCUT2D eigenvalue weighted by molar-refractivity contribution is -0.122. The maximum Gasteiger partial charge on any atom is 0.290 e. The average molecular weight is 392 g/mol. The summed E-state index contributed by atoms with van der Waals surface area (Å²) in [7, 11) is 0. The summed E-state index contributed by atoms with van der Waals surface area (Å²) in [6.45, 7) is 10.4. The number of rotatable bonds is 5. The number of nitrogens with zero attached hydrogens (tertiary/aromatic N) is 1. The molecular formula is C21H29NO2S2. The van der Waals surface area contributed by atoms with Crippen LogP contribution in [0.4, 0.5) is 0 Å². The van der Waals surface area contributed by atoms with E-state index in [2.05, 4.69) is 54.6 Å². The van der Waals surface area contributed by atoms with E-state index in [1.807, 2.05) is 22.7 Å². The first-order valence-corrected chi connectivity index (χ1v) is 10.9. The number of likely N-dealkylation sites (tertiary alicyclic amines) is 1. The predicted molar refractivity (Wildman–Crippen MR) is 113 cm³/mol. The van der Waals surface area contributed by atoms with Crippen molar-refractivity contribution in [2.75, 3.05) is 19.6 Å². The van der Waals surface area contributed by atoms with Crippen LogP contribution in [0.25, 0.3) is 5.57 Å². The minimum atomic E-state index is -0.250. The van der Waals surface area contributed by atoms with Crippen LogP contribution < -0.4 is 0 Å². The van der Waals surface area contributed by atoms with E-state index in [-0.39, 0.29) is 6.47 Å². The van der Waals surface area contributed by atoms with Crippen molar-refractivity contribution in [3.05, 3.63) is 49.9 Å². The molecule has 2 aromatic heterocycles. The highest BCUT2D eigenvalue weighted by molar-refractivity contribution is 7.14. The van der Waals surface area contributed by atoms with Gasteiger partial charge in [-0.1, -0.05) is 13.0 Å². The van der Waals surface area contributed by atoms with Crippen molar-refractivity contribution in [1.29, 1.82) is 0 Å². The fraction of sp³-hybridized carbons (Fsp3) is 0.476. The molecule has 2 aromatic rings. The Morgan fingerprint density at radius 3 is 2.27 bits per heavy atom. The number of carbonyl (C=O) groups is 1. The molecule has 1 unspecified atom stereocenters. The van der Waals surface area contributed by atoms with Gasteiger partial charge in [0.2, 0.25) is 0 Å². The van der Waals surface area contributed by atoms with Crippen molar-refractivity contribution in [3.63, 3.8) is 0 Å². The molecule has 1 atom stereocenters. The van der Waals surface area contributed by atoms with E-state index in [4.69, 9.17) is 9.90 Å². The van der Waals surface area contributed by atoms with Crippen LogP contribution in [0.2, 0.25) is 0 Å². The van der Waals surface area contributed by atoms with Gasteiger partial charge in [0.15, 0.2) is 0 Å². The van der Waals surface area contributed by atoms with Crippen molar-refractivity contribution in [2.45, 2.75) is 40.0 Å². The molecule has 1 aliphatic heterocycles. The molecule has 1 fully saturated rings. The zero-order chi connectivity index (χ0) is 18.9. The molecule has 0 bridgehead atoms. The smallest absolute Gasteiger partial charge is 0.290 e. The Morgan fingerprint density at radius 1 is 1.23 bits per heavy atom. The normalized spacial score (nSPS) is 17.3. The van der Waals surface area contributed by atoms with Gasteiger partial charge in [-0.3, -0.25) is 4.79 Å². The Hall–Kier alpha value is -1.43. The quantitative estimate of drug-likeness (QED) is 0.667. The molecule has 0 aromatic carbocycles. The van der Waals surface area contributed by atoms with Gasteiger partial charge in [-0.05, 0) is 79.6 Å². The van der Waals surface area contributed by atoms with Gasteiger partial charge in [0.25, 0.3) is 6.47 Å². The lowest BCUT2D eigenvalue weighted by Crippen LogP contribution is -2.34. The maximum atomic E-state index is 8.36. The van der Waals surface area contributed by atoms with Gasteiger partial charge in [0, 0.05) is 28.4 Å². The van der Waals surface area contributed by atoms with E-state index in [0.29, 0.717) is 0 Å². The summed E-state index contributed by atoms with van der Waals surface area (Å²) in [5, 5.41) is 11.3. The van der Waals surface area contributed by atoms with E-state index in [1.165, 1.54) is 58.9 Å². The van der Waals surface area contributed by atoms with Gasteiger partial charge in [0.05, 0.1) is 0 Å². The zero-order valence-electron chi connectivity index (χ0n) is 15.9. The third-order valence-electron chi connectivity index (χ3n) is 4.75. The molecule has 0 saturated carbocycles. The summed E-state index contributed by atoms with van der Waals surface area (Å²) < 4.78 is 0. The number of aryl methyl sites for hydroxylation is 2. The average Bonchev–Trinajstić information content (AvgIpc) is 3.21. The molecule has 1 aliphatic rings. The van der Waals surface area contributed by atoms with E-state index in [1.54, 1.807) is 0 Å². The van der Waals surface area contributed by atoms with Gasteiger partial charge in [0.1, 0.15) is 0 Å². The van der Waals surface area contributed by atoms with E-state index in [9.17, 15) is 0 Å². The first kappa shape index (κ1) is 20.9. The SMILES string of the molecule is Cc1ccsc1C(=CCCN1CCCC(C)C1)c1sccc1C.O=CO. The van der Waals surface area contributed by atoms with Gasteiger partial charge >= 0.3 is 0 Å². The van der Waals surface area contributed by atoms with E-state index < -0.39 is 0 Å². The Morgan fingerprint density at radius 2 is 1.81 bits per heavy atom. The van der Waals surface area contributed by atoms with E-state index >= 15 is 0 Å². The molecule has 1 N–H and O–H groups in total. The largest absolute Gasteiger partial charge is 0.483 e. The maximum absolute atomic E-state index is 8.36. The minimum Gasteiger partial charge on any atom is -0.483 e. The van der Waals surface area contributed by atoms with Crippen LogP contribution in [0.1, 0.15) is 47.1 Å². The standard InChI is InChI=1S/C20H27NS2.CH2O2/c1-15-6-4-10-21(14-15)11-5-7-18(19-16(2)8-12-22-19)20-17(3)9-13-23-20;2-1-3/h7-9,12-13,15H,4-6,10-11,14H2,1-3H3;1H,(H,2,3). The van der Waals surface area contributed by atoms with Crippen LogP contribution in [-0.4, -0.2) is 36.1 Å². The molecule has 0 radical (unpaired) electrons. The molecule has 5 heteroatoms. The highest BCUT2D eigenvalue weighted by atomic mass is 32.1. The molecule has 1 saturated heterocycles. The lowest BCUT2D eigenvalue weighted by Gasteiger charge is -2.30. The van der Waals surface area contributed by atoms with Crippen molar-refractivity contribution in [1.82, 2.24) is 4.90 Å². The first-order valence-electron chi connectivity index (χ1n) is 9.16. The molecule has 3 heterocycles. The molecule has 3 nitrogen and oxygen atoms in total. The highest BCUT2D eigenvalue weighted by Gasteiger charge is 2.16.